The van der Waals surface area contributed by atoms with Gasteiger partial charge in [0.1, 0.15) is 12.4 Å². The highest BCUT2D eigenvalue weighted by molar-refractivity contribution is 5.79. The molecule has 1 aromatic carbocycles. The fourth-order valence-corrected chi connectivity index (χ4v) is 0.791. The molecular formula is C9H7FN4O. The Labute approximate surface area is 85.2 Å². The van der Waals surface area contributed by atoms with E-state index in [4.69, 9.17) is 5.26 Å². The molecule has 0 aromatic heterocycles. The average molecular weight is 206 g/mol. The third-order valence-corrected chi connectivity index (χ3v) is 1.42. The number of rotatable bonds is 3. The molecule has 0 atom stereocenters. The highest BCUT2D eigenvalue weighted by atomic mass is 19.1. The molecule has 0 saturated carbocycles. The number of carbonyl (C=O) groups is 1. The molecule has 0 aliphatic carbocycles. The fourth-order valence-electron chi connectivity index (χ4n) is 0.791. The van der Waals surface area contributed by atoms with E-state index in [-0.39, 0.29) is 12.4 Å². The van der Waals surface area contributed by atoms with Crippen LogP contribution in [-0.4, -0.2) is 12.5 Å². The van der Waals surface area contributed by atoms with Crippen molar-refractivity contribution in [2.75, 3.05) is 6.54 Å². The van der Waals surface area contributed by atoms with Gasteiger partial charge < -0.3 is 0 Å². The summed E-state index contributed by atoms with van der Waals surface area (Å²) in [5.41, 5.74) is 0.446. The maximum Gasteiger partial charge on any atom is 0.256 e. The Morgan fingerprint density at radius 3 is 2.73 bits per heavy atom. The summed E-state index contributed by atoms with van der Waals surface area (Å²) in [7, 11) is 0. The molecule has 1 N–H and O–H groups in total. The molecule has 0 heterocycles. The Kier molecular flexibility index (Phi) is 3.91. The summed E-state index contributed by atoms with van der Waals surface area (Å²) in [6.07, 6.45) is 1.47. The number of amides is 1. The van der Waals surface area contributed by atoms with Crippen LogP contribution in [0, 0.1) is 17.3 Å². The first-order valence-corrected chi connectivity index (χ1v) is 4.03. The molecule has 1 rings (SSSR count). The van der Waals surface area contributed by atoms with E-state index in [0.29, 0.717) is 5.69 Å². The molecule has 0 unspecified atom stereocenters. The molecular weight excluding hydrogens is 199 g/mol. The van der Waals surface area contributed by atoms with Crippen molar-refractivity contribution in [3.63, 3.8) is 0 Å². The number of hydrogen-bond donors (Lipinski definition) is 1. The minimum Gasteiger partial charge on any atom is -0.272 e. The minimum absolute atomic E-state index is 0.231. The molecule has 0 bridgehead atoms. The number of nitrogens with one attached hydrogen (secondary N) is 1. The normalized spacial score (nSPS) is 9.87. The van der Waals surface area contributed by atoms with Gasteiger partial charge in [0.15, 0.2) is 6.19 Å². The van der Waals surface area contributed by atoms with Gasteiger partial charge in [0, 0.05) is 0 Å². The number of hydrogen-bond acceptors (Lipinski definition) is 4. The van der Waals surface area contributed by atoms with E-state index in [2.05, 4.69) is 10.2 Å². The molecule has 0 aliphatic heterocycles. The summed E-state index contributed by atoms with van der Waals surface area (Å²) in [4.78, 5) is 10.7. The predicted octanol–water partition coefficient (Wildman–Crippen LogP) is 1.51. The quantitative estimate of drug-likeness (QED) is 0.462. The maximum atomic E-state index is 12.5. The van der Waals surface area contributed by atoms with Gasteiger partial charge in [-0.05, 0) is 24.3 Å². The number of halogens is 1. The van der Waals surface area contributed by atoms with E-state index in [1.165, 1.54) is 30.5 Å². The first kappa shape index (κ1) is 10.8. The molecule has 0 radical (unpaired) electrons. The number of nitrogens with zero attached hydrogens (tertiary/aromatic N) is 3. The van der Waals surface area contributed by atoms with Crippen LogP contribution in [0.2, 0.25) is 0 Å². The van der Waals surface area contributed by atoms with Crippen molar-refractivity contribution in [1.82, 2.24) is 5.32 Å². The number of azo groups is 1. The minimum atomic E-state index is -0.539. The highest BCUT2D eigenvalue weighted by Gasteiger charge is 1.96. The second kappa shape index (κ2) is 5.44. The SMILES string of the molecule is N#CNC(=O)CN=Nc1ccc(F)cc1. The van der Waals surface area contributed by atoms with Gasteiger partial charge in [0.2, 0.25) is 0 Å². The van der Waals surface area contributed by atoms with E-state index in [1.807, 2.05) is 5.32 Å². The zero-order valence-electron chi connectivity index (χ0n) is 7.64. The molecule has 6 heteroatoms. The van der Waals surface area contributed by atoms with Crippen molar-refractivity contribution in [2.45, 2.75) is 0 Å². The zero-order chi connectivity index (χ0) is 11.1. The molecule has 1 amide bonds. The van der Waals surface area contributed by atoms with Gasteiger partial charge in [-0.1, -0.05) is 0 Å². The van der Waals surface area contributed by atoms with Gasteiger partial charge in [-0.25, -0.2) is 4.39 Å². The lowest BCUT2D eigenvalue weighted by Gasteiger charge is -1.92. The smallest absolute Gasteiger partial charge is 0.256 e. The second-order valence-corrected chi connectivity index (χ2v) is 2.54. The van der Waals surface area contributed by atoms with Gasteiger partial charge in [-0.2, -0.15) is 15.5 Å². The van der Waals surface area contributed by atoms with Gasteiger partial charge in [-0.15, -0.1) is 0 Å². The van der Waals surface area contributed by atoms with Crippen molar-refractivity contribution in [1.29, 1.82) is 5.26 Å². The Bertz CT molecular complexity index is 407. The van der Waals surface area contributed by atoms with Crippen molar-refractivity contribution < 1.29 is 9.18 Å². The van der Waals surface area contributed by atoms with E-state index in [9.17, 15) is 9.18 Å². The lowest BCUT2D eigenvalue weighted by molar-refractivity contribution is -0.118. The molecule has 0 spiro atoms. The third-order valence-electron chi connectivity index (χ3n) is 1.42. The lowest BCUT2D eigenvalue weighted by atomic mass is 10.3. The van der Waals surface area contributed by atoms with Crippen LogP contribution < -0.4 is 5.32 Å². The number of benzene rings is 1. The number of nitriles is 1. The first-order chi connectivity index (χ1) is 7.22. The van der Waals surface area contributed by atoms with Crippen LogP contribution in [0.15, 0.2) is 34.5 Å². The summed E-state index contributed by atoms with van der Waals surface area (Å²) < 4.78 is 12.5. The third kappa shape index (κ3) is 3.95. The van der Waals surface area contributed by atoms with Gasteiger partial charge in [-0.3, -0.25) is 10.1 Å². The summed E-state index contributed by atoms with van der Waals surface area (Å²) in [6.45, 7) is -0.231. The molecule has 0 fully saturated rings. The van der Waals surface area contributed by atoms with E-state index in [1.54, 1.807) is 0 Å². The van der Waals surface area contributed by atoms with Crippen LogP contribution in [0.1, 0.15) is 0 Å². The van der Waals surface area contributed by atoms with Crippen LogP contribution >= 0.6 is 0 Å². The van der Waals surface area contributed by atoms with Gasteiger partial charge in [0.05, 0.1) is 5.69 Å². The van der Waals surface area contributed by atoms with E-state index >= 15 is 0 Å². The van der Waals surface area contributed by atoms with Crippen molar-refractivity contribution >= 4 is 11.6 Å². The second-order valence-electron chi connectivity index (χ2n) is 2.54. The molecule has 76 valence electrons. The summed E-state index contributed by atoms with van der Waals surface area (Å²) >= 11 is 0. The monoisotopic (exact) mass is 206 g/mol. The molecule has 15 heavy (non-hydrogen) atoms. The largest absolute Gasteiger partial charge is 0.272 e. The Morgan fingerprint density at radius 2 is 2.13 bits per heavy atom. The fraction of sp³-hybridized carbons (Fsp3) is 0.111. The Hall–Kier alpha value is -2.29. The van der Waals surface area contributed by atoms with Crippen LogP contribution in [0.5, 0.6) is 0 Å². The van der Waals surface area contributed by atoms with Gasteiger partial charge >= 0.3 is 0 Å². The topological polar surface area (TPSA) is 77.6 Å². The van der Waals surface area contributed by atoms with E-state index < -0.39 is 5.91 Å². The number of carbonyl (C=O) groups excluding carboxylic acids is 1. The molecule has 5 nitrogen and oxygen atoms in total. The lowest BCUT2D eigenvalue weighted by Crippen LogP contribution is -2.19. The predicted molar refractivity (Wildman–Crippen MR) is 49.5 cm³/mol. The standard InChI is InChI=1S/C9H7FN4O/c10-7-1-3-8(4-2-7)14-13-5-9(15)12-6-11/h1-4H,5H2,(H,12,15). The Balaban J connectivity index is 2.48. The van der Waals surface area contributed by atoms with Crippen molar-refractivity contribution in [3.8, 4) is 6.19 Å². The van der Waals surface area contributed by atoms with Crippen LogP contribution in [-0.2, 0) is 4.79 Å². The van der Waals surface area contributed by atoms with Gasteiger partial charge in [0.25, 0.3) is 5.91 Å². The van der Waals surface area contributed by atoms with Crippen LogP contribution in [0.3, 0.4) is 0 Å². The van der Waals surface area contributed by atoms with E-state index in [0.717, 1.165) is 0 Å². The first-order valence-electron chi connectivity index (χ1n) is 4.03. The molecule has 1 aromatic rings. The van der Waals surface area contributed by atoms with Crippen LogP contribution in [0.4, 0.5) is 10.1 Å². The van der Waals surface area contributed by atoms with Crippen molar-refractivity contribution in [3.05, 3.63) is 30.1 Å². The van der Waals surface area contributed by atoms with Crippen LogP contribution in [0.25, 0.3) is 0 Å². The molecule has 0 saturated heterocycles. The maximum absolute atomic E-state index is 12.5. The highest BCUT2D eigenvalue weighted by Crippen LogP contribution is 2.11. The summed E-state index contributed by atoms with van der Waals surface area (Å²) in [5, 5.41) is 17.2. The summed E-state index contributed by atoms with van der Waals surface area (Å²) in [6, 6.07) is 5.34. The average Bonchev–Trinajstić information content (AvgIpc) is 2.21. The molecule has 0 aliphatic rings. The summed E-state index contributed by atoms with van der Waals surface area (Å²) in [5.74, 6) is -0.903. The Morgan fingerprint density at radius 1 is 1.47 bits per heavy atom. The van der Waals surface area contributed by atoms with Crippen molar-refractivity contribution in [2.24, 2.45) is 10.2 Å². The zero-order valence-corrected chi connectivity index (χ0v) is 7.64.